The molecule has 0 heterocycles. The van der Waals surface area contributed by atoms with Crippen molar-refractivity contribution in [2.75, 3.05) is 14.2 Å². The summed E-state index contributed by atoms with van der Waals surface area (Å²) in [6, 6.07) is 5.80. The molecule has 0 fully saturated rings. The van der Waals surface area contributed by atoms with E-state index in [0.29, 0.717) is 5.92 Å². The second-order valence-electron chi connectivity index (χ2n) is 4.49. The van der Waals surface area contributed by atoms with E-state index in [0.717, 1.165) is 29.9 Å². The summed E-state index contributed by atoms with van der Waals surface area (Å²) >= 11 is 0. The lowest BCUT2D eigenvalue weighted by molar-refractivity contribution is 0.325. The number of nitrogens with two attached hydrogens (primary N) is 1. The van der Waals surface area contributed by atoms with Gasteiger partial charge in [-0.3, -0.25) is 11.3 Å². The van der Waals surface area contributed by atoms with E-state index in [1.54, 1.807) is 14.2 Å². The summed E-state index contributed by atoms with van der Waals surface area (Å²) in [6.07, 6.45) is 2.22. The molecule has 1 aromatic carbocycles. The molecule has 2 unspecified atom stereocenters. The second-order valence-corrected chi connectivity index (χ2v) is 4.49. The van der Waals surface area contributed by atoms with Crippen LogP contribution in [0.4, 0.5) is 0 Å². The van der Waals surface area contributed by atoms with E-state index in [1.807, 2.05) is 18.2 Å². The Morgan fingerprint density at radius 3 is 2.17 bits per heavy atom. The van der Waals surface area contributed by atoms with Crippen LogP contribution >= 0.6 is 0 Å². The van der Waals surface area contributed by atoms with Crippen LogP contribution in [0, 0.1) is 5.92 Å². The van der Waals surface area contributed by atoms with Crippen LogP contribution in [-0.2, 0) is 0 Å². The quantitative estimate of drug-likeness (QED) is 0.578. The summed E-state index contributed by atoms with van der Waals surface area (Å²) in [5.74, 6) is 7.74. The van der Waals surface area contributed by atoms with Crippen LogP contribution in [0.5, 0.6) is 11.5 Å². The maximum atomic E-state index is 5.72. The Bertz CT molecular complexity index is 347. The Labute approximate surface area is 109 Å². The summed E-state index contributed by atoms with van der Waals surface area (Å²) in [4.78, 5) is 0. The third-order valence-electron chi connectivity index (χ3n) is 3.27. The van der Waals surface area contributed by atoms with Crippen molar-refractivity contribution in [2.24, 2.45) is 11.8 Å². The summed E-state index contributed by atoms with van der Waals surface area (Å²) in [5, 5.41) is 0. The number of hydrogen-bond acceptors (Lipinski definition) is 4. The summed E-state index contributed by atoms with van der Waals surface area (Å²) < 4.78 is 10.8. The van der Waals surface area contributed by atoms with Crippen molar-refractivity contribution in [2.45, 2.75) is 32.7 Å². The van der Waals surface area contributed by atoms with E-state index < -0.39 is 0 Å². The maximum absolute atomic E-state index is 5.72. The molecule has 4 nitrogen and oxygen atoms in total. The first-order chi connectivity index (χ1) is 8.69. The molecule has 0 radical (unpaired) electrons. The number of rotatable bonds is 7. The monoisotopic (exact) mass is 252 g/mol. The van der Waals surface area contributed by atoms with Gasteiger partial charge in [0.05, 0.1) is 25.8 Å². The highest BCUT2D eigenvalue weighted by Gasteiger charge is 2.24. The molecule has 0 aliphatic rings. The van der Waals surface area contributed by atoms with Gasteiger partial charge >= 0.3 is 0 Å². The molecule has 0 amide bonds. The largest absolute Gasteiger partial charge is 0.496 e. The molecule has 1 aromatic rings. The van der Waals surface area contributed by atoms with Gasteiger partial charge in [0, 0.05) is 0 Å². The van der Waals surface area contributed by atoms with E-state index in [9.17, 15) is 0 Å². The highest BCUT2D eigenvalue weighted by atomic mass is 16.5. The lowest BCUT2D eigenvalue weighted by Gasteiger charge is -2.26. The van der Waals surface area contributed by atoms with Crippen molar-refractivity contribution in [1.82, 2.24) is 5.43 Å². The van der Waals surface area contributed by atoms with Gasteiger partial charge in [0.25, 0.3) is 0 Å². The van der Waals surface area contributed by atoms with Crippen LogP contribution in [0.2, 0.25) is 0 Å². The minimum absolute atomic E-state index is 0.0241. The van der Waals surface area contributed by atoms with Gasteiger partial charge in [-0.1, -0.05) is 26.3 Å². The van der Waals surface area contributed by atoms with Crippen LogP contribution in [0.15, 0.2) is 18.2 Å². The fourth-order valence-electron chi connectivity index (χ4n) is 2.34. The number of methoxy groups -OCH3 is 2. The molecule has 0 bridgehead atoms. The first-order valence-corrected chi connectivity index (χ1v) is 6.36. The van der Waals surface area contributed by atoms with Gasteiger partial charge in [0.1, 0.15) is 11.5 Å². The molecule has 0 spiro atoms. The van der Waals surface area contributed by atoms with E-state index in [1.165, 1.54) is 0 Å². The first kappa shape index (κ1) is 14.8. The number of nitrogens with one attached hydrogen (secondary N) is 1. The van der Waals surface area contributed by atoms with Crippen LogP contribution in [-0.4, -0.2) is 14.2 Å². The average Bonchev–Trinajstić information content (AvgIpc) is 2.40. The molecular formula is C14H24N2O2. The summed E-state index contributed by atoms with van der Waals surface area (Å²) in [7, 11) is 3.33. The Hall–Kier alpha value is -1.26. The smallest absolute Gasteiger partial charge is 0.127 e. The molecule has 3 N–H and O–H groups in total. The van der Waals surface area contributed by atoms with Gasteiger partial charge in [0.15, 0.2) is 0 Å². The third-order valence-corrected chi connectivity index (χ3v) is 3.27. The van der Waals surface area contributed by atoms with Crippen molar-refractivity contribution in [3.8, 4) is 11.5 Å². The summed E-state index contributed by atoms with van der Waals surface area (Å²) in [5.41, 5.74) is 3.88. The SMILES string of the molecule is CCCC(C)C(NN)c1c(OC)cccc1OC. The van der Waals surface area contributed by atoms with Gasteiger partial charge in [-0.05, 0) is 24.5 Å². The normalized spacial score (nSPS) is 14.1. The molecule has 4 heteroatoms. The standard InChI is InChI=1S/C14H24N2O2/c1-5-7-10(2)14(16-15)13-11(17-3)8-6-9-12(13)18-4/h6,8-10,14,16H,5,7,15H2,1-4H3. The minimum Gasteiger partial charge on any atom is -0.496 e. The molecule has 0 aromatic heterocycles. The fraction of sp³-hybridized carbons (Fsp3) is 0.571. The third kappa shape index (κ3) is 3.15. The first-order valence-electron chi connectivity index (χ1n) is 6.36. The predicted molar refractivity (Wildman–Crippen MR) is 73.7 cm³/mol. The van der Waals surface area contributed by atoms with E-state index in [4.69, 9.17) is 15.3 Å². The van der Waals surface area contributed by atoms with Crippen LogP contribution in [0.25, 0.3) is 0 Å². The van der Waals surface area contributed by atoms with E-state index >= 15 is 0 Å². The van der Waals surface area contributed by atoms with Crippen molar-refractivity contribution in [1.29, 1.82) is 0 Å². The average molecular weight is 252 g/mol. The Kier molecular flexibility index (Phi) is 5.95. The van der Waals surface area contributed by atoms with Gasteiger partial charge in [-0.15, -0.1) is 0 Å². The van der Waals surface area contributed by atoms with E-state index in [-0.39, 0.29) is 6.04 Å². The van der Waals surface area contributed by atoms with Crippen molar-refractivity contribution >= 4 is 0 Å². The number of ether oxygens (including phenoxy) is 2. The summed E-state index contributed by atoms with van der Waals surface area (Å²) in [6.45, 7) is 4.35. The zero-order valence-electron chi connectivity index (χ0n) is 11.7. The molecule has 0 aliphatic heterocycles. The molecule has 0 saturated carbocycles. The number of hydrazine groups is 1. The van der Waals surface area contributed by atoms with Gasteiger partial charge < -0.3 is 9.47 Å². The molecule has 2 atom stereocenters. The van der Waals surface area contributed by atoms with Crippen molar-refractivity contribution < 1.29 is 9.47 Å². The Morgan fingerprint density at radius 1 is 1.22 bits per heavy atom. The van der Waals surface area contributed by atoms with E-state index in [2.05, 4.69) is 19.3 Å². The molecule has 0 saturated heterocycles. The lowest BCUT2D eigenvalue weighted by Crippen LogP contribution is -2.33. The highest BCUT2D eigenvalue weighted by Crippen LogP contribution is 2.38. The second kappa shape index (κ2) is 7.24. The topological polar surface area (TPSA) is 56.5 Å². The van der Waals surface area contributed by atoms with Crippen LogP contribution < -0.4 is 20.7 Å². The highest BCUT2D eigenvalue weighted by molar-refractivity contribution is 5.47. The Balaban J connectivity index is 3.17. The molecule has 1 rings (SSSR count). The molecular weight excluding hydrogens is 228 g/mol. The maximum Gasteiger partial charge on any atom is 0.127 e. The van der Waals surface area contributed by atoms with Crippen LogP contribution in [0.3, 0.4) is 0 Å². The zero-order chi connectivity index (χ0) is 13.5. The van der Waals surface area contributed by atoms with Gasteiger partial charge in [0.2, 0.25) is 0 Å². The van der Waals surface area contributed by atoms with Crippen molar-refractivity contribution in [3.63, 3.8) is 0 Å². The molecule has 0 aliphatic carbocycles. The Morgan fingerprint density at radius 2 is 1.78 bits per heavy atom. The number of hydrogen-bond donors (Lipinski definition) is 2. The van der Waals surface area contributed by atoms with Gasteiger partial charge in [-0.2, -0.15) is 0 Å². The predicted octanol–water partition coefficient (Wildman–Crippen LogP) is 2.64. The minimum atomic E-state index is 0.0241. The van der Waals surface area contributed by atoms with Crippen molar-refractivity contribution in [3.05, 3.63) is 23.8 Å². The molecule has 18 heavy (non-hydrogen) atoms. The zero-order valence-corrected chi connectivity index (χ0v) is 11.7. The fourth-order valence-corrected chi connectivity index (χ4v) is 2.34. The lowest BCUT2D eigenvalue weighted by atomic mass is 9.90. The number of benzene rings is 1. The molecule has 102 valence electrons. The van der Waals surface area contributed by atoms with Crippen LogP contribution in [0.1, 0.15) is 38.3 Å². The van der Waals surface area contributed by atoms with Gasteiger partial charge in [-0.25, -0.2) is 0 Å².